The summed E-state index contributed by atoms with van der Waals surface area (Å²) in [5, 5.41) is 6.57. The Labute approximate surface area is 137 Å². The molecule has 6 heteroatoms. The van der Waals surface area contributed by atoms with Crippen LogP contribution in [0.15, 0.2) is 16.5 Å². The van der Waals surface area contributed by atoms with Crippen LogP contribution in [-0.2, 0) is 11.3 Å². The highest BCUT2D eigenvalue weighted by Crippen LogP contribution is 2.13. The zero-order valence-electron chi connectivity index (χ0n) is 13.9. The fourth-order valence-electron chi connectivity index (χ4n) is 1.94. The first-order chi connectivity index (χ1) is 10.3. The highest BCUT2D eigenvalue weighted by Gasteiger charge is 2.17. The molecular formula is C16H27ClN2O3. The van der Waals surface area contributed by atoms with E-state index in [0.717, 1.165) is 25.0 Å². The van der Waals surface area contributed by atoms with Crippen LogP contribution < -0.4 is 10.6 Å². The van der Waals surface area contributed by atoms with Gasteiger partial charge in [-0.25, -0.2) is 4.79 Å². The van der Waals surface area contributed by atoms with E-state index in [-0.39, 0.29) is 6.04 Å². The number of hydrogen-bond acceptors (Lipinski definition) is 4. The molecule has 22 heavy (non-hydrogen) atoms. The molecule has 0 radical (unpaired) electrons. The molecule has 0 spiro atoms. The lowest BCUT2D eigenvalue weighted by atomic mass is 10.1. The van der Waals surface area contributed by atoms with Crippen LogP contribution in [0.3, 0.4) is 0 Å². The minimum atomic E-state index is -0.485. The molecule has 2 N–H and O–H groups in total. The molecule has 0 bridgehead atoms. The summed E-state index contributed by atoms with van der Waals surface area (Å²) in [7, 11) is 0. The van der Waals surface area contributed by atoms with Gasteiger partial charge in [-0.2, -0.15) is 0 Å². The first-order valence-electron chi connectivity index (χ1n) is 7.74. The molecule has 0 fully saturated rings. The number of nitrogens with one attached hydrogen (secondary N) is 2. The monoisotopic (exact) mass is 330 g/mol. The number of halogens is 1. The molecule has 1 aromatic heterocycles. The SMILES string of the molecule is CCCCC(CNC(=O)OC(C)(C)C)NCc1ccc(Cl)o1. The summed E-state index contributed by atoms with van der Waals surface area (Å²) in [5.41, 5.74) is -0.485. The Balaban J connectivity index is 2.41. The lowest BCUT2D eigenvalue weighted by molar-refractivity contribution is 0.0521. The van der Waals surface area contributed by atoms with Crippen molar-refractivity contribution in [3.8, 4) is 0 Å². The largest absolute Gasteiger partial charge is 0.448 e. The van der Waals surface area contributed by atoms with E-state index in [1.807, 2.05) is 26.8 Å². The molecule has 1 amide bonds. The van der Waals surface area contributed by atoms with Crippen LogP contribution in [0.1, 0.15) is 52.7 Å². The molecule has 1 aromatic rings. The minimum Gasteiger partial charge on any atom is -0.448 e. The first kappa shape index (κ1) is 18.8. The Bertz CT molecular complexity index is 454. The lowest BCUT2D eigenvalue weighted by Crippen LogP contribution is -2.42. The second-order valence-corrected chi connectivity index (χ2v) is 6.68. The normalized spacial score (nSPS) is 13.0. The molecule has 1 unspecified atom stereocenters. The Kier molecular flexibility index (Phi) is 7.76. The van der Waals surface area contributed by atoms with Crippen molar-refractivity contribution in [1.82, 2.24) is 10.6 Å². The molecule has 0 aliphatic carbocycles. The number of ether oxygens (including phenoxy) is 1. The Morgan fingerprint density at radius 1 is 1.41 bits per heavy atom. The fourth-order valence-corrected chi connectivity index (χ4v) is 2.10. The van der Waals surface area contributed by atoms with Gasteiger partial charge in [0.2, 0.25) is 0 Å². The quantitative estimate of drug-likeness (QED) is 0.753. The topological polar surface area (TPSA) is 63.5 Å². The van der Waals surface area contributed by atoms with E-state index in [0.29, 0.717) is 18.3 Å². The molecule has 1 atom stereocenters. The average Bonchev–Trinajstić information content (AvgIpc) is 2.81. The second-order valence-electron chi connectivity index (χ2n) is 6.31. The van der Waals surface area contributed by atoms with Crippen LogP contribution >= 0.6 is 11.6 Å². The number of furan rings is 1. The summed E-state index contributed by atoms with van der Waals surface area (Å²) < 4.78 is 10.6. The highest BCUT2D eigenvalue weighted by molar-refractivity contribution is 6.28. The van der Waals surface area contributed by atoms with E-state index < -0.39 is 11.7 Å². The zero-order chi connectivity index (χ0) is 16.6. The number of alkyl carbamates (subject to hydrolysis) is 1. The standard InChI is InChI=1S/C16H27ClN2O3/c1-5-6-7-12(10-19-15(20)22-16(2,3)4)18-11-13-8-9-14(17)21-13/h8-9,12,18H,5-7,10-11H2,1-4H3,(H,19,20). The number of carbonyl (C=O) groups is 1. The molecule has 1 rings (SSSR count). The maximum Gasteiger partial charge on any atom is 0.407 e. The fraction of sp³-hybridized carbons (Fsp3) is 0.688. The van der Waals surface area contributed by atoms with E-state index in [9.17, 15) is 4.79 Å². The lowest BCUT2D eigenvalue weighted by Gasteiger charge is -2.22. The van der Waals surface area contributed by atoms with Gasteiger partial charge in [-0.1, -0.05) is 19.8 Å². The third-order valence-electron chi connectivity index (χ3n) is 2.99. The zero-order valence-corrected chi connectivity index (χ0v) is 14.6. The Morgan fingerprint density at radius 2 is 2.14 bits per heavy atom. The molecule has 0 aliphatic rings. The first-order valence-corrected chi connectivity index (χ1v) is 8.12. The Morgan fingerprint density at radius 3 is 2.68 bits per heavy atom. The molecular weight excluding hydrogens is 304 g/mol. The molecule has 126 valence electrons. The minimum absolute atomic E-state index is 0.163. The van der Waals surface area contributed by atoms with E-state index in [4.69, 9.17) is 20.8 Å². The maximum atomic E-state index is 11.7. The summed E-state index contributed by atoms with van der Waals surface area (Å²) in [6.07, 6.45) is 2.78. The molecule has 0 saturated carbocycles. The van der Waals surface area contributed by atoms with Crippen molar-refractivity contribution < 1.29 is 13.9 Å². The van der Waals surface area contributed by atoms with Gasteiger partial charge >= 0.3 is 6.09 Å². The molecule has 0 saturated heterocycles. The van der Waals surface area contributed by atoms with Crippen LogP contribution in [-0.4, -0.2) is 24.3 Å². The van der Waals surface area contributed by atoms with Crippen LogP contribution in [0.5, 0.6) is 0 Å². The van der Waals surface area contributed by atoms with Crippen molar-refractivity contribution in [1.29, 1.82) is 0 Å². The molecule has 1 heterocycles. The van der Waals surface area contributed by atoms with Crippen LogP contribution in [0, 0.1) is 0 Å². The van der Waals surface area contributed by atoms with Gasteiger partial charge in [0.25, 0.3) is 0 Å². The van der Waals surface area contributed by atoms with Crippen molar-refractivity contribution in [3.63, 3.8) is 0 Å². The number of carbonyl (C=O) groups excluding carboxylic acids is 1. The van der Waals surface area contributed by atoms with Gasteiger partial charge in [-0.15, -0.1) is 0 Å². The van der Waals surface area contributed by atoms with E-state index in [1.54, 1.807) is 6.07 Å². The predicted octanol–water partition coefficient (Wildman–Crippen LogP) is 4.11. The smallest absolute Gasteiger partial charge is 0.407 e. The van der Waals surface area contributed by atoms with E-state index >= 15 is 0 Å². The van der Waals surface area contributed by atoms with Crippen molar-refractivity contribution >= 4 is 17.7 Å². The van der Waals surface area contributed by atoms with Crippen molar-refractivity contribution in [2.24, 2.45) is 0 Å². The summed E-state index contributed by atoms with van der Waals surface area (Å²) in [5.74, 6) is 0.781. The van der Waals surface area contributed by atoms with Crippen molar-refractivity contribution in [2.75, 3.05) is 6.54 Å². The van der Waals surface area contributed by atoms with Gasteiger partial charge in [-0.05, 0) is 50.9 Å². The van der Waals surface area contributed by atoms with Gasteiger partial charge in [-0.3, -0.25) is 0 Å². The number of amides is 1. The highest BCUT2D eigenvalue weighted by atomic mass is 35.5. The summed E-state index contributed by atoms with van der Waals surface area (Å²) in [4.78, 5) is 11.7. The maximum absolute atomic E-state index is 11.7. The van der Waals surface area contributed by atoms with Gasteiger partial charge in [0, 0.05) is 12.6 Å². The van der Waals surface area contributed by atoms with E-state index in [2.05, 4.69) is 17.6 Å². The average molecular weight is 331 g/mol. The molecule has 0 aromatic carbocycles. The van der Waals surface area contributed by atoms with Gasteiger partial charge in [0.15, 0.2) is 5.22 Å². The third-order valence-corrected chi connectivity index (χ3v) is 3.19. The van der Waals surface area contributed by atoms with Crippen LogP contribution in [0.2, 0.25) is 5.22 Å². The van der Waals surface area contributed by atoms with Crippen molar-refractivity contribution in [2.45, 2.75) is 65.1 Å². The summed E-state index contributed by atoms with van der Waals surface area (Å²) in [6.45, 7) is 8.78. The summed E-state index contributed by atoms with van der Waals surface area (Å²) >= 11 is 5.76. The van der Waals surface area contributed by atoms with E-state index in [1.165, 1.54) is 0 Å². The number of unbranched alkanes of at least 4 members (excludes halogenated alkanes) is 1. The van der Waals surface area contributed by atoms with Gasteiger partial charge in [0.1, 0.15) is 11.4 Å². The summed E-state index contributed by atoms with van der Waals surface area (Å²) in [6, 6.07) is 3.72. The third kappa shape index (κ3) is 8.29. The molecule has 0 aliphatic heterocycles. The van der Waals surface area contributed by atoms with Crippen LogP contribution in [0.4, 0.5) is 4.79 Å². The molecule has 5 nitrogen and oxygen atoms in total. The van der Waals surface area contributed by atoms with Gasteiger partial charge < -0.3 is 19.8 Å². The second kappa shape index (κ2) is 9.06. The van der Waals surface area contributed by atoms with Crippen LogP contribution in [0.25, 0.3) is 0 Å². The predicted molar refractivity (Wildman–Crippen MR) is 88.1 cm³/mol. The number of rotatable bonds is 8. The van der Waals surface area contributed by atoms with Crippen molar-refractivity contribution in [3.05, 3.63) is 23.1 Å². The van der Waals surface area contributed by atoms with Gasteiger partial charge in [0.05, 0.1) is 6.54 Å². The Hall–Kier alpha value is -1.20. The number of hydrogen-bond donors (Lipinski definition) is 2.